The molecule has 116 valence electrons. The fourth-order valence-electron chi connectivity index (χ4n) is 2.35. The summed E-state index contributed by atoms with van der Waals surface area (Å²) in [6.45, 7) is 0.210. The third-order valence-electron chi connectivity index (χ3n) is 3.39. The van der Waals surface area contributed by atoms with Gasteiger partial charge in [0, 0.05) is 18.8 Å². The zero-order chi connectivity index (χ0) is 14.2. The topological polar surface area (TPSA) is 65.5 Å². The summed E-state index contributed by atoms with van der Waals surface area (Å²) >= 11 is 0. The van der Waals surface area contributed by atoms with Gasteiger partial charge in [0.1, 0.15) is 0 Å². The molecule has 3 N–H and O–H groups in total. The van der Waals surface area contributed by atoms with Crippen LogP contribution in [-0.4, -0.2) is 31.5 Å². The van der Waals surface area contributed by atoms with E-state index in [2.05, 4.69) is 20.9 Å². The van der Waals surface area contributed by atoms with Gasteiger partial charge in [-0.05, 0) is 25.0 Å². The molecular formula is C15H23IN4O. The number of carbonyl (C=O) groups is 1. The smallest absolute Gasteiger partial charge is 0.243 e. The Morgan fingerprint density at radius 1 is 1.24 bits per heavy atom. The average Bonchev–Trinajstić information content (AvgIpc) is 2.97. The molecule has 5 nitrogen and oxygen atoms in total. The van der Waals surface area contributed by atoms with Gasteiger partial charge in [-0.3, -0.25) is 9.79 Å². The Morgan fingerprint density at radius 3 is 2.52 bits per heavy atom. The van der Waals surface area contributed by atoms with Crippen molar-refractivity contribution in [1.82, 2.24) is 10.6 Å². The Hall–Kier alpha value is -1.31. The Morgan fingerprint density at radius 2 is 1.90 bits per heavy atom. The highest BCUT2D eigenvalue weighted by molar-refractivity contribution is 14.0. The third-order valence-corrected chi connectivity index (χ3v) is 3.39. The van der Waals surface area contributed by atoms with Gasteiger partial charge in [-0.1, -0.05) is 31.0 Å². The number of nitrogens with one attached hydrogen (secondary N) is 3. The predicted octanol–water partition coefficient (Wildman–Crippen LogP) is 2.35. The van der Waals surface area contributed by atoms with Crippen molar-refractivity contribution in [2.75, 3.05) is 18.9 Å². The maximum absolute atomic E-state index is 11.8. The number of benzene rings is 1. The first-order valence-corrected chi connectivity index (χ1v) is 7.10. The van der Waals surface area contributed by atoms with Crippen LogP contribution in [0.1, 0.15) is 25.7 Å². The van der Waals surface area contributed by atoms with Gasteiger partial charge in [0.05, 0.1) is 6.54 Å². The van der Waals surface area contributed by atoms with Gasteiger partial charge in [0.15, 0.2) is 5.96 Å². The molecule has 2 rings (SSSR count). The fourth-order valence-corrected chi connectivity index (χ4v) is 2.35. The number of guanidine groups is 1. The minimum absolute atomic E-state index is 0. The molecule has 1 aliphatic rings. The van der Waals surface area contributed by atoms with Crippen molar-refractivity contribution in [1.29, 1.82) is 0 Å². The van der Waals surface area contributed by atoms with E-state index in [9.17, 15) is 4.79 Å². The summed E-state index contributed by atoms with van der Waals surface area (Å²) in [7, 11) is 1.72. The van der Waals surface area contributed by atoms with Gasteiger partial charge in [-0.2, -0.15) is 0 Å². The van der Waals surface area contributed by atoms with E-state index in [0.29, 0.717) is 12.0 Å². The maximum Gasteiger partial charge on any atom is 0.243 e. The molecule has 0 aromatic heterocycles. The van der Waals surface area contributed by atoms with Crippen LogP contribution in [0.4, 0.5) is 5.69 Å². The second kappa shape index (κ2) is 9.59. The summed E-state index contributed by atoms with van der Waals surface area (Å²) < 4.78 is 0. The molecular weight excluding hydrogens is 379 g/mol. The number of aliphatic imine (C=N–C) groups is 1. The van der Waals surface area contributed by atoms with E-state index in [4.69, 9.17) is 0 Å². The number of hydrogen-bond acceptors (Lipinski definition) is 2. The number of nitrogens with zero attached hydrogens (tertiary/aromatic N) is 1. The van der Waals surface area contributed by atoms with Crippen molar-refractivity contribution in [3.8, 4) is 0 Å². The Bertz CT molecular complexity index is 458. The molecule has 0 radical (unpaired) electrons. The first-order chi connectivity index (χ1) is 9.78. The van der Waals surface area contributed by atoms with Crippen LogP contribution in [0.15, 0.2) is 35.3 Å². The highest BCUT2D eigenvalue weighted by atomic mass is 127. The molecule has 0 atom stereocenters. The molecule has 1 fully saturated rings. The molecule has 0 heterocycles. The summed E-state index contributed by atoms with van der Waals surface area (Å²) in [4.78, 5) is 16.0. The lowest BCUT2D eigenvalue weighted by Crippen LogP contribution is -2.45. The van der Waals surface area contributed by atoms with Gasteiger partial charge in [-0.25, -0.2) is 0 Å². The molecule has 6 heteroatoms. The van der Waals surface area contributed by atoms with Crippen LogP contribution in [0.5, 0.6) is 0 Å². The molecule has 21 heavy (non-hydrogen) atoms. The first-order valence-electron chi connectivity index (χ1n) is 7.10. The van der Waals surface area contributed by atoms with Crippen LogP contribution < -0.4 is 16.0 Å². The molecule has 0 saturated heterocycles. The standard InChI is InChI=1S/C15H22N4O.HI/c1-16-15(19-13-9-5-6-10-13)17-11-14(20)18-12-7-3-2-4-8-12;/h2-4,7-8,13H,5-6,9-11H2,1H3,(H,18,20)(H2,16,17,19);1H. The van der Waals surface area contributed by atoms with Crippen LogP contribution in [0.3, 0.4) is 0 Å². The van der Waals surface area contributed by atoms with Crippen molar-refractivity contribution in [3.05, 3.63) is 30.3 Å². The fraction of sp³-hybridized carbons (Fsp3) is 0.467. The summed E-state index contributed by atoms with van der Waals surface area (Å²) in [6.07, 6.45) is 4.89. The SMILES string of the molecule is CN=C(NCC(=O)Nc1ccccc1)NC1CCCC1.I. The van der Waals surface area contributed by atoms with E-state index in [1.807, 2.05) is 30.3 Å². The second-order valence-electron chi connectivity index (χ2n) is 4.97. The van der Waals surface area contributed by atoms with E-state index in [1.54, 1.807) is 7.05 Å². The van der Waals surface area contributed by atoms with Crippen molar-refractivity contribution < 1.29 is 4.79 Å². The van der Waals surface area contributed by atoms with Crippen molar-refractivity contribution in [2.24, 2.45) is 4.99 Å². The molecule has 1 aliphatic carbocycles. The number of halogens is 1. The average molecular weight is 402 g/mol. The lowest BCUT2D eigenvalue weighted by atomic mass is 10.2. The monoisotopic (exact) mass is 402 g/mol. The lowest BCUT2D eigenvalue weighted by Gasteiger charge is -2.16. The van der Waals surface area contributed by atoms with Crippen LogP contribution in [-0.2, 0) is 4.79 Å². The minimum Gasteiger partial charge on any atom is -0.354 e. The number of amides is 1. The van der Waals surface area contributed by atoms with Gasteiger partial charge in [0.2, 0.25) is 5.91 Å². The highest BCUT2D eigenvalue weighted by Gasteiger charge is 2.16. The van der Waals surface area contributed by atoms with Crippen molar-refractivity contribution >= 4 is 41.5 Å². The predicted molar refractivity (Wildman–Crippen MR) is 97.2 cm³/mol. The van der Waals surface area contributed by atoms with Crippen LogP contribution in [0.25, 0.3) is 0 Å². The van der Waals surface area contributed by atoms with Crippen LogP contribution in [0.2, 0.25) is 0 Å². The van der Waals surface area contributed by atoms with E-state index in [1.165, 1.54) is 25.7 Å². The third kappa shape index (κ3) is 6.33. The number of anilines is 1. The summed E-state index contributed by atoms with van der Waals surface area (Å²) in [5.41, 5.74) is 0.804. The van der Waals surface area contributed by atoms with Crippen molar-refractivity contribution in [2.45, 2.75) is 31.7 Å². The summed E-state index contributed by atoms with van der Waals surface area (Å²) in [5, 5.41) is 9.22. The molecule has 0 spiro atoms. The normalized spacial score (nSPS) is 15.2. The van der Waals surface area contributed by atoms with Crippen LogP contribution in [0, 0.1) is 0 Å². The number of hydrogen-bond donors (Lipinski definition) is 3. The van der Waals surface area contributed by atoms with Gasteiger partial charge < -0.3 is 16.0 Å². The lowest BCUT2D eigenvalue weighted by molar-refractivity contribution is -0.115. The number of carbonyl (C=O) groups excluding carboxylic acids is 1. The largest absolute Gasteiger partial charge is 0.354 e. The second-order valence-corrected chi connectivity index (χ2v) is 4.97. The summed E-state index contributed by atoms with van der Waals surface area (Å²) in [6, 6.07) is 9.92. The van der Waals surface area contributed by atoms with Gasteiger partial charge >= 0.3 is 0 Å². The Balaban J connectivity index is 0.00000220. The number of rotatable bonds is 4. The quantitative estimate of drug-likeness (QED) is 0.412. The molecule has 0 aliphatic heterocycles. The number of para-hydroxylation sites is 1. The highest BCUT2D eigenvalue weighted by Crippen LogP contribution is 2.17. The maximum atomic E-state index is 11.8. The summed E-state index contributed by atoms with van der Waals surface area (Å²) in [5.74, 6) is 0.616. The molecule has 1 amide bonds. The van der Waals surface area contributed by atoms with E-state index >= 15 is 0 Å². The van der Waals surface area contributed by atoms with E-state index < -0.39 is 0 Å². The van der Waals surface area contributed by atoms with Crippen LogP contribution >= 0.6 is 24.0 Å². The van der Waals surface area contributed by atoms with E-state index in [0.717, 1.165) is 5.69 Å². The molecule has 1 aromatic carbocycles. The van der Waals surface area contributed by atoms with E-state index in [-0.39, 0.29) is 36.4 Å². The van der Waals surface area contributed by atoms with Gasteiger partial charge in [-0.15, -0.1) is 24.0 Å². The zero-order valence-electron chi connectivity index (χ0n) is 12.3. The molecule has 1 aromatic rings. The van der Waals surface area contributed by atoms with Gasteiger partial charge in [0.25, 0.3) is 0 Å². The molecule has 0 bridgehead atoms. The first kappa shape index (κ1) is 17.7. The van der Waals surface area contributed by atoms with Crippen molar-refractivity contribution in [3.63, 3.8) is 0 Å². The molecule has 0 unspecified atom stereocenters. The zero-order valence-corrected chi connectivity index (χ0v) is 14.6. The molecule has 1 saturated carbocycles. The minimum atomic E-state index is -0.0782. The Kier molecular flexibility index (Phi) is 8.11. The Labute approximate surface area is 143 Å².